The standard InChI is InChI=1S/C27H25ClFN5O6S/c1-17(25(36)32-41(2,38)39)15-34-24(35)14-23(33(27(34)37)16-18-5-7-19(28)8-6-18)31-20-9-11-21(12-10-20)40-26-22(29)4-3-13-30-26/h3-14,17,31H,15-16H2,1-2H3,(H,32,36)/t17-/m0/s1. The molecule has 1 atom stereocenters. The first-order valence-corrected chi connectivity index (χ1v) is 14.4. The minimum Gasteiger partial charge on any atom is -0.436 e. The van der Waals surface area contributed by atoms with E-state index in [2.05, 4.69) is 10.3 Å². The molecule has 0 aliphatic heterocycles. The van der Waals surface area contributed by atoms with Gasteiger partial charge in [-0.1, -0.05) is 30.7 Å². The minimum absolute atomic E-state index is 0.0443. The van der Waals surface area contributed by atoms with E-state index in [1.807, 2.05) is 4.72 Å². The average molecular weight is 602 g/mol. The highest BCUT2D eigenvalue weighted by molar-refractivity contribution is 7.89. The van der Waals surface area contributed by atoms with Crippen LogP contribution in [0.5, 0.6) is 11.6 Å². The lowest BCUT2D eigenvalue weighted by molar-refractivity contribution is -0.123. The number of sulfonamides is 1. The molecule has 0 radical (unpaired) electrons. The summed E-state index contributed by atoms with van der Waals surface area (Å²) in [5.74, 6) is -2.20. The van der Waals surface area contributed by atoms with Crippen LogP contribution in [0.15, 0.2) is 82.5 Å². The third-order valence-corrected chi connectivity index (χ3v) is 6.61. The fourth-order valence-electron chi connectivity index (χ4n) is 3.76. The molecule has 2 aromatic carbocycles. The fraction of sp³-hybridized carbons (Fsp3) is 0.185. The molecule has 0 unspecified atom stereocenters. The van der Waals surface area contributed by atoms with E-state index in [0.717, 1.165) is 10.8 Å². The van der Waals surface area contributed by atoms with Gasteiger partial charge < -0.3 is 10.1 Å². The van der Waals surface area contributed by atoms with Crippen LogP contribution in [0.25, 0.3) is 0 Å². The molecule has 1 amide bonds. The molecule has 41 heavy (non-hydrogen) atoms. The Labute approximate surface area is 239 Å². The minimum atomic E-state index is -3.82. The Hall–Kier alpha value is -4.49. The molecule has 0 fully saturated rings. The molecule has 0 saturated carbocycles. The number of rotatable bonds is 10. The smallest absolute Gasteiger partial charge is 0.332 e. The highest BCUT2D eigenvalue weighted by atomic mass is 35.5. The molecule has 214 valence electrons. The van der Waals surface area contributed by atoms with E-state index in [0.29, 0.717) is 22.0 Å². The van der Waals surface area contributed by atoms with Crippen molar-refractivity contribution in [3.8, 4) is 11.6 Å². The number of pyridine rings is 1. The van der Waals surface area contributed by atoms with Gasteiger partial charge in [0.2, 0.25) is 15.9 Å². The molecule has 2 aromatic heterocycles. The summed E-state index contributed by atoms with van der Waals surface area (Å²) in [5.41, 5.74) is -0.233. The Balaban J connectivity index is 1.65. The summed E-state index contributed by atoms with van der Waals surface area (Å²) in [5, 5.41) is 3.55. The quantitative estimate of drug-likeness (QED) is 0.281. The van der Waals surface area contributed by atoms with Crippen LogP contribution >= 0.6 is 11.6 Å². The van der Waals surface area contributed by atoms with Crippen LogP contribution in [0.3, 0.4) is 0 Å². The lowest BCUT2D eigenvalue weighted by Crippen LogP contribution is -2.44. The third kappa shape index (κ3) is 7.80. The van der Waals surface area contributed by atoms with Crippen molar-refractivity contribution in [1.29, 1.82) is 0 Å². The molecule has 0 saturated heterocycles. The monoisotopic (exact) mass is 601 g/mol. The second-order valence-corrected chi connectivity index (χ2v) is 11.3. The van der Waals surface area contributed by atoms with Crippen LogP contribution in [-0.4, -0.2) is 34.7 Å². The number of anilines is 2. The number of amides is 1. The van der Waals surface area contributed by atoms with Crippen molar-refractivity contribution < 1.29 is 22.3 Å². The van der Waals surface area contributed by atoms with Crippen molar-refractivity contribution in [3.05, 3.63) is 110 Å². The van der Waals surface area contributed by atoms with Crippen LogP contribution < -0.4 is 26.0 Å². The Bertz CT molecular complexity index is 1790. The number of halogens is 2. The van der Waals surface area contributed by atoms with Crippen molar-refractivity contribution in [2.45, 2.75) is 20.0 Å². The summed E-state index contributed by atoms with van der Waals surface area (Å²) in [6, 6.07) is 17.0. The largest absolute Gasteiger partial charge is 0.436 e. The number of carbonyl (C=O) groups is 1. The van der Waals surface area contributed by atoms with Gasteiger partial charge in [-0.2, -0.15) is 0 Å². The Morgan fingerprint density at radius 3 is 2.39 bits per heavy atom. The summed E-state index contributed by atoms with van der Waals surface area (Å²) < 4.78 is 46.3. The molecule has 4 aromatic rings. The lowest BCUT2D eigenvalue weighted by Gasteiger charge is -2.18. The van der Waals surface area contributed by atoms with Gasteiger partial charge in [0.1, 0.15) is 11.6 Å². The van der Waals surface area contributed by atoms with E-state index in [1.165, 1.54) is 35.9 Å². The second kappa shape index (κ2) is 12.4. The summed E-state index contributed by atoms with van der Waals surface area (Å²) in [7, 11) is -3.82. The van der Waals surface area contributed by atoms with Gasteiger partial charge >= 0.3 is 5.69 Å². The van der Waals surface area contributed by atoms with Gasteiger partial charge in [-0.05, 0) is 54.1 Å². The molecule has 0 aliphatic carbocycles. The maximum atomic E-state index is 13.9. The van der Waals surface area contributed by atoms with Gasteiger partial charge in [-0.3, -0.25) is 23.4 Å². The van der Waals surface area contributed by atoms with E-state index in [4.69, 9.17) is 16.3 Å². The summed E-state index contributed by atoms with van der Waals surface area (Å²) in [4.78, 5) is 42.7. The Morgan fingerprint density at radius 2 is 1.76 bits per heavy atom. The van der Waals surface area contributed by atoms with E-state index in [1.54, 1.807) is 48.5 Å². The topological polar surface area (TPSA) is 141 Å². The number of hydrogen-bond acceptors (Lipinski definition) is 8. The van der Waals surface area contributed by atoms with Gasteiger partial charge in [0.25, 0.3) is 11.4 Å². The number of aromatic nitrogens is 3. The zero-order valence-electron chi connectivity index (χ0n) is 21.9. The highest BCUT2D eigenvalue weighted by Crippen LogP contribution is 2.25. The van der Waals surface area contributed by atoms with E-state index < -0.39 is 38.9 Å². The normalized spacial score (nSPS) is 12.0. The number of benzene rings is 2. The van der Waals surface area contributed by atoms with Crippen LogP contribution in [0.4, 0.5) is 15.9 Å². The van der Waals surface area contributed by atoms with E-state index >= 15 is 0 Å². The summed E-state index contributed by atoms with van der Waals surface area (Å²) in [6.07, 6.45) is 2.23. The Kier molecular flexibility index (Phi) is 8.89. The molecular formula is C27H25ClFN5O6S. The van der Waals surface area contributed by atoms with Gasteiger partial charge in [0.15, 0.2) is 5.82 Å². The Morgan fingerprint density at radius 1 is 1.07 bits per heavy atom. The summed E-state index contributed by atoms with van der Waals surface area (Å²) in [6.45, 7) is 1.10. The zero-order chi connectivity index (χ0) is 29.7. The molecule has 11 nitrogen and oxygen atoms in total. The third-order valence-electron chi connectivity index (χ3n) is 5.79. The molecule has 4 rings (SSSR count). The number of nitrogens with one attached hydrogen (secondary N) is 2. The molecule has 0 bridgehead atoms. The second-order valence-electron chi connectivity index (χ2n) is 9.15. The van der Waals surface area contributed by atoms with Gasteiger partial charge in [-0.25, -0.2) is 22.6 Å². The predicted octanol–water partition coefficient (Wildman–Crippen LogP) is 3.49. The van der Waals surface area contributed by atoms with Crippen LogP contribution in [0.2, 0.25) is 5.02 Å². The number of nitrogens with zero attached hydrogens (tertiary/aromatic N) is 3. The average Bonchev–Trinajstić information content (AvgIpc) is 2.91. The highest BCUT2D eigenvalue weighted by Gasteiger charge is 2.21. The molecular weight excluding hydrogens is 577 g/mol. The van der Waals surface area contributed by atoms with E-state index in [9.17, 15) is 27.2 Å². The van der Waals surface area contributed by atoms with Gasteiger partial charge in [-0.15, -0.1) is 0 Å². The molecule has 0 aliphatic rings. The summed E-state index contributed by atoms with van der Waals surface area (Å²) >= 11 is 5.99. The predicted molar refractivity (Wildman–Crippen MR) is 152 cm³/mol. The van der Waals surface area contributed by atoms with Gasteiger partial charge in [0.05, 0.1) is 18.7 Å². The molecule has 14 heteroatoms. The van der Waals surface area contributed by atoms with Crippen molar-refractivity contribution >= 4 is 39.0 Å². The number of carbonyl (C=O) groups excluding carboxylic acids is 1. The number of ether oxygens (including phenoxy) is 1. The SMILES string of the molecule is C[C@@H](Cn1c(=O)cc(Nc2ccc(Oc3ncccc3F)cc2)n(Cc2ccc(Cl)cc2)c1=O)C(=O)NS(C)(=O)=O. The maximum Gasteiger partial charge on any atom is 0.332 e. The van der Waals surface area contributed by atoms with Crippen molar-refractivity contribution in [2.75, 3.05) is 11.6 Å². The maximum absolute atomic E-state index is 13.9. The van der Waals surface area contributed by atoms with Crippen molar-refractivity contribution in [3.63, 3.8) is 0 Å². The van der Waals surface area contributed by atoms with Gasteiger partial charge in [0, 0.05) is 29.5 Å². The molecule has 0 spiro atoms. The van der Waals surface area contributed by atoms with Crippen LogP contribution in [-0.2, 0) is 27.9 Å². The number of hydrogen-bond donors (Lipinski definition) is 2. The first-order valence-electron chi connectivity index (χ1n) is 12.2. The molecule has 2 N–H and O–H groups in total. The van der Waals surface area contributed by atoms with Crippen LogP contribution in [0.1, 0.15) is 12.5 Å². The zero-order valence-corrected chi connectivity index (χ0v) is 23.4. The van der Waals surface area contributed by atoms with Crippen LogP contribution in [0, 0.1) is 11.7 Å². The lowest BCUT2D eigenvalue weighted by atomic mass is 10.1. The first kappa shape index (κ1) is 29.5. The first-order chi connectivity index (χ1) is 19.4. The van der Waals surface area contributed by atoms with Crippen molar-refractivity contribution in [1.82, 2.24) is 18.8 Å². The van der Waals surface area contributed by atoms with E-state index in [-0.39, 0.29) is 24.8 Å². The fourth-order valence-corrected chi connectivity index (χ4v) is 4.46. The molecule has 2 heterocycles. The van der Waals surface area contributed by atoms with Crippen molar-refractivity contribution in [2.24, 2.45) is 5.92 Å².